The van der Waals surface area contributed by atoms with Crippen LogP contribution in [-0.2, 0) is 20.0 Å². The molecule has 4 aromatic heterocycles. The molecule has 0 saturated carbocycles. The number of imidazole rings is 2. The lowest BCUT2D eigenvalue weighted by Gasteiger charge is -2.12. The number of rotatable bonds is 6. The van der Waals surface area contributed by atoms with E-state index in [1.54, 1.807) is 6.33 Å². The number of fused-ring (bicyclic) bond motifs is 1. The Morgan fingerprint density at radius 2 is 1.73 bits per heavy atom. The van der Waals surface area contributed by atoms with Crippen LogP contribution in [0.1, 0.15) is 29.6 Å². The van der Waals surface area contributed by atoms with Crippen molar-refractivity contribution in [3.05, 3.63) is 83.7 Å². The Bertz CT molecular complexity index is 1710. The fourth-order valence-electron chi connectivity index (χ4n) is 4.91. The highest BCUT2D eigenvalue weighted by Gasteiger charge is 2.16. The lowest BCUT2D eigenvalue weighted by atomic mass is 9.95. The van der Waals surface area contributed by atoms with E-state index in [0.717, 1.165) is 62.6 Å². The van der Waals surface area contributed by atoms with E-state index in [2.05, 4.69) is 86.5 Å². The fraction of sp³-hybridized carbons (Fsp3) is 0.214. The van der Waals surface area contributed by atoms with Gasteiger partial charge in [-0.05, 0) is 59.5 Å². The molecular formula is C28H27N9. The molecule has 184 valence electrons. The summed E-state index contributed by atoms with van der Waals surface area (Å²) in [5.74, 6) is 1.61. The van der Waals surface area contributed by atoms with Crippen molar-refractivity contribution in [1.82, 2.24) is 44.7 Å². The Balaban J connectivity index is 1.40. The minimum absolute atomic E-state index is 0.560. The first-order chi connectivity index (χ1) is 18.0. The van der Waals surface area contributed by atoms with E-state index in [0.29, 0.717) is 12.4 Å². The lowest BCUT2D eigenvalue weighted by Crippen LogP contribution is -2.05. The van der Waals surface area contributed by atoms with Gasteiger partial charge >= 0.3 is 0 Å². The number of benzene rings is 2. The second kappa shape index (κ2) is 9.09. The number of pyridine rings is 1. The number of aromatic amines is 1. The highest BCUT2D eigenvalue weighted by molar-refractivity contribution is 5.84. The number of aromatic nitrogens is 9. The highest BCUT2D eigenvalue weighted by atomic mass is 15.5. The summed E-state index contributed by atoms with van der Waals surface area (Å²) >= 11 is 0. The summed E-state index contributed by atoms with van der Waals surface area (Å²) in [5, 5.41) is 14.8. The molecule has 0 radical (unpaired) electrons. The van der Waals surface area contributed by atoms with Gasteiger partial charge in [-0.1, -0.05) is 37.3 Å². The van der Waals surface area contributed by atoms with Gasteiger partial charge in [-0.3, -0.25) is 0 Å². The molecule has 4 heterocycles. The van der Waals surface area contributed by atoms with Crippen molar-refractivity contribution in [3.8, 4) is 33.8 Å². The Morgan fingerprint density at radius 3 is 2.43 bits per heavy atom. The van der Waals surface area contributed by atoms with Crippen LogP contribution in [0.25, 0.3) is 44.9 Å². The Hall–Kier alpha value is -4.66. The molecule has 9 nitrogen and oxygen atoms in total. The maximum absolute atomic E-state index is 4.88. The minimum Gasteiger partial charge on any atom is -0.334 e. The minimum atomic E-state index is 0.560. The largest absolute Gasteiger partial charge is 0.334 e. The summed E-state index contributed by atoms with van der Waals surface area (Å²) in [5.41, 5.74) is 10.4. The zero-order valence-electron chi connectivity index (χ0n) is 21.3. The van der Waals surface area contributed by atoms with E-state index >= 15 is 0 Å². The number of nitrogens with one attached hydrogen (secondary N) is 1. The molecule has 6 aromatic rings. The molecule has 0 saturated heterocycles. The molecule has 6 rings (SSSR count). The SMILES string of the molecule is CCc1nc2c(C)cc(C)nc2n1Cc1ccc(-c2cc(-c3cncn3C)ccc2-c2nn[nH]n2)cc1. The van der Waals surface area contributed by atoms with Crippen molar-refractivity contribution in [3.63, 3.8) is 0 Å². The summed E-state index contributed by atoms with van der Waals surface area (Å²) in [6.07, 6.45) is 4.52. The Kier molecular flexibility index (Phi) is 5.60. The van der Waals surface area contributed by atoms with Crippen LogP contribution in [-0.4, -0.2) is 44.7 Å². The van der Waals surface area contributed by atoms with E-state index in [1.807, 2.05) is 30.8 Å². The number of H-pyrrole nitrogens is 1. The molecule has 0 aliphatic heterocycles. The van der Waals surface area contributed by atoms with Crippen molar-refractivity contribution >= 4 is 11.2 Å². The molecule has 9 heteroatoms. The standard InChI is InChI=1S/C28H27N9/c1-5-25-31-26-17(2)12-18(3)30-28(26)37(25)15-19-6-8-20(9-7-19)23-13-21(24-14-29-16-36(24)4)10-11-22(23)27-32-34-35-33-27/h6-14,16H,5,15H2,1-4H3,(H,32,33,34,35). The van der Waals surface area contributed by atoms with Crippen molar-refractivity contribution in [2.24, 2.45) is 7.05 Å². The summed E-state index contributed by atoms with van der Waals surface area (Å²) in [6.45, 7) is 6.98. The Labute approximate surface area is 214 Å². The average Bonchev–Trinajstić information content (AvgIpc) is 3.65. The van der Waals surface area contributed by atoms with Gasteiger partial charge in [0.2, 0.25) is 5.82 Å². The third kappa shape index (κ3) is 4.08. The second-order valence-corrected chi connectivity index (χ2v) is 9.30. The predicted octanol–water partition coefficient (Wildman–Crippen LogP) is 4.91. The molecular weight excluding hydrogens is 462 g/mol. The van der Waals surface area contributed by atoms with E-state index < -0.39 is 0 Å². The number of hydrogen-bond donors (Lipinski definition) is 1. The molecule has 0 fully saturated rings. The maximum Gasteiger partial charge on any atom is 0.205 e. The molecule has 37 heavy (non-hydrogen) atoms. The van der Waals surface area contributed by atoms with Crippen LogP contribution < -0.4 is 0 Å². The monoisotopic (exact) mass is 489 g/mol. The second-order valence-electron chi connectivity index (χ2n) is 9.30. The maximum atomic E-state index is 4.88. The normalized spacial score (nSPS) is 11.5. The first kappa shape index (κ1) is 22.8. The molecule has 0 atom stereocenters. The summed E-state index contributed by atoms with van der Waals surface area (Å²) in [7, 11) is 1.99. The molecule has 0 bridgehead atoms. The van der Waals surface area contributed by atoms with Gasteiger partial charge < -0.3 is 9.13 Å². The summed E-state index contributed by atoms with van der Waals surface area (Å²) in [4.78, 5) is 14.0. The molecule has 0 amide bonds. The molecule has 0 unspecified atom stereocenters. The molecule has 0 spiro atoms. The van der Waals surface area contributed by atoms with Crippen LogP contribution in [0.4, 0.5) is 0 Å². The van der Waals surface area contributed by atoms with Crippen LogP contribution in [0.3, 0.4) is 0 Å². The third-order valence-corrected chi connectivity index (χ3v) is 6.74. The van der Waals surface area contributed by atoms with E-state index in [4.69, 9.17) is 9.97 Å². The van der Waals surface area contributed by atoms with Gasteiger partial charge in [0.25, 0.3) is 0 Å². The lowest BCUT2D eigenvalue weighted by molar-refractivity contribution is 0.745. The van der Waals surface area contributed by atoms with Gasteiger partial charge in [0.1, 0.15) is 11.3 Å². The number of aryl methyl sites for hydroxylation is 4. The van der Waals surface area contributed by atoms with Crippen LogP contribution in [0, 0.1) is 13.8 Å². The summed E-state index contributed by atoms with van der Waals surface area (Å²) < 4.78 is 4.24. The van der Waals surface area contributed by atoms with Gasteiger partial charge in [0.05, 0.1) is 24.8 Å². The van der Waals surface area contributed by atoms with Gasteiger partial charge in [-0.15, -0.1) is 10.2 Å². The van der Waals surface area contributed by atoms with Crippen LogP contribution in [0.15, 0.2) is 61.1 Å². The van der Waals surface area contributed by atoms with Gasteiger partial charge in [0.15, 0.2) is 5.65 Å². The fourth-order valence-corrected chi connectivity index (χ4v) is 4.91. The van der Waals surface area contributed by atoms with Gasteiger partial charge in [-0.25, -0.2) is 15.0 Å². The van der Waals surface area contributed by atoms with Gasteiger partial charge in [-0.2, -0.15) is 5.21 Å². The average molecular weight is 490 g/mol. The quantitative estimate of drug-likeness (QED) is 0.357. The third-order valence-electron chi connectivity index (χ3n) is 6.74. The number of tetrazole rings is 1. The zero-order valence-corrected chi connectivity index (χ0v) is 21.3. The smallest absolute Gasteiger partial charge is 0.205 e. The predicted molar refractivity (Wildman–Crippen MR) is 143 cm³/mol. The topological polar surface area (TPSA) is 103 Å². The first-order valence-electron chi connectivity index (χ1n) is 12.3. The zero-order chi connectivity index (χ0) is 25.5. The van der Waals surface area contributed by atoms with Gasteiger partial charge in [0, 0.05) is 30.3 Å². The van der Waals surface area contributed by atoms with Crippen LogP contribution in [0.5, 0.6) is 0 Å². The number of hydrogen-bond acceptors (Lipinski definition) is 6. The molecule has 2 aromatic carbocycles. The van der Waals surface area contributed by atoms with E-state index in [-0.39, 0.29) is 0 Å². The molecule has 0 aliphatic carbocycles. The molecule has 0 aliphatic rings. The van der Waals surface area contributed by atoms with Crippen LogP contribution >= 0.6 is 0 Å². The highest BCUT2D eigenvalue weighted by Crippen LogP contribution is 2.34. The van der Waals surface area contributed by atoms with Crippen molar-refractivity contribution in [2.45, 2.75) is 33.7 Å². The van der Waals surface area contributed by atoms with Crippen molar-refractivity contribution in [2.75, 3.05) is 0 Å². The van der Waals surface area contributed by atoms with Crippen LogP contribution in [0.2, 0.25) is 0 Å². The van der Waals surface area contributed by atoms with Crippen molar-refractivity contribution < 1.29 is 0 Å². The van der Waals surface area contributed by atoms with E-state index in [1.165, 1.54) is 5.56 Å². The molecule has 1 N–H and O–H groups in total. The first-order valence-corrected chi connectivity index (χ1v) is 12.3. The van der Waals surface area contributed by atoms with E-state index in [9.17, 15) is 0 Å². The summed E-state index contributed by atoms with van der Waals surface area (Å²) in [6, 6.07) is 17.0. The number of nitrogens with zero attached hydrogens (tertiary/aromatic N) is 8. The van der Waals surface area contributed by atoms with Crippen molar-refractivity contribution in [1.29, 1.82) is 0 Å². The Morgan fingerprint density at radius 1 is 0.919 bits per heavy atom.